The predicted molar refractivity (Wildman–Crippen MR) is 139 cm³/mol. The van der Waals surface area contributed by atoms with Crippen molar-refractivity contribution >= 4 is 59.8 Å². The van der Waals surface area contributed by atoms with E-state index in [1.54, 1.807) is 0 Å². The van der Waals surface area contributed by atoms with E-state index in [1.165, 1.54) is 4.90 Å². The summed E-state index contributed by atoms with van der Waals surface area (Å²) in [5.74, 6) is -0.361. The van der Waals surface area contributed by atoms with E-state index in [2.05, 4.69) is 10.6 Å². The average molecular weight is 506 g/mol. The van der Waals surface area contributed by atoms with Gasteiger partial charge in [0, 0.05) is 23.1 Å². The highest BCUT2D eigenvalue weighted by atomic mass is 35.5. The van der Waals surface area contributed by atoms with E-state index in [1.807, 2.05) is 36.4 Å². The number of carbonyl (C=O) groups is 2. The van der Waals surface area contributed by atoms with Crippen molar-refractivity contribution in [2.75, 3.05) is 39.3 Å². The molecule has 9 heteroatoms. The Kier molecular flexibility index (Phi) is 15.5. The zero-order chi connectivity index (χ0) is 20.5. The van der Waals surface area contributed by atoms with Gasteiger partial charge in [-0.1, -0.05) is 24.3 Å². The molecule has 1 aliphatic rings. The summed E-state index contributed by atoms with van der Waals surface area (Å²) in [5.41, 5.74) is 6.73. The van der Waals surface area contributed by atoms with Gasteiger partial charge in [0.15, 0.2) is 0 Å². The van der Waals surface area contributed by atoms with Crippen LogP contribution in [0.4, 0.5) is 0 Å². The van der Waals surface area contributed by atoms with Crippen molar-refractivity contribution in [1.29, 1.82) is 0 Å². The maximum absolute atomic E-state index is 12.8. The molecule has 4 N–H and O–H groups in total. The van der Waals surface area contributed by atoms with Gasteiger partial charge < -0.3 is 16.4 Å². The van der Waals surface area contributed by atoms with Crippen LogP contribution < -0.4 is 16.4 Å². The van der Waals surface area contributed by atoms with E-state index >= 15 is 0 Å². The number of nitrogens with zero attached hydrogens (tertiary/aromatic N) is 1. The minimum Gasteiger partial charge on any atom is -0.330 e. The molecule has 0 unspecified atom stereocenters. The van der Waals surface area contributed by atoms with Gasteiger partial charge in [-0.15, -0.1) is 37.2 Å². The van der Waals surface area contributed by atoms with Gasteiger partial charge in [0.05, 0.1) is 0 Å². The Balaban J connectivity index is 0.00000320. The average Bonchev–Trinajstić information content (AvgIpc) is 2.74. The Morgan fingerprint density at radius 2 is 1.16 bits per heavy atom. The highest BCUT2D eigenvalue weighted by Gasteiger charge is 2.31. The van der Waals surface area contributed by atoms with Crippen LogP contribution in [-0.4, -0.2) is 56.0 Å². The Bertz CT molecular complexity index is 800. The summed E-state index contributed by atoms with van der Waals surface area (Å²) in [4.78, 5) is 27.0. The number of amides is 2. The van der Waals surface area contributed by atoms with E-state index in [0.29, 0.717) is 17.7 Å². The largest absolute Gasteiger partial charge is 0.330 e. The molecule has 0 radical (unpaired) electrons. The van der Waals surface area contributed by atoms with Crippen LogP contribution in [-0.2, 0) is 0 Å². The molecule has 0 bridgehead atoms. The van der Waals surface area contributed by atoms with E-state index in [9.17, 15) is 9.59 Å². The monoisotopic (exact) mass is 504 g/mol. The molecular formula is C23H35Cl3N4O2. The van der Waals surface area contributed by atoms with E-state index < -0.39 is 0 Å². The summed E-state index contributed by atoms with van der Waals surface area (Å²) in [7, 11) is 0. The molecule has 0 aromatic heterocycles. The standard InChI is InChI=1S/C23H32N4O2.3ClH/c24-12-1-2-13-25-14-3-4-15-26-16-7-17-27-22(28)19-10-5-8-18-9-6-11-20(21(18)19)23(27)29;;;/h5-6,8-11,25-26H,1-4,7,12-17,24H2;3*1H. The Morgan fingerprint density at radius 3 is 1.66 bits per heavy atom. The Labute approximate surface area is 209 Å². The topological polar surface area (TPSA) is 87.5 Å². The number of carbonyl (C=O) groups excluding carboxylic acids is 2. The zero-order valence-corrected chi connectivity index (χ0v) is 20.8. The first kappa shape index (κ1) is 30.6. The molecule has 2 amide bonds. The molecule has 32 heavy (non-hydrogen) atoms. The van der Waals surface area contributed by atoms with Crippen molar-refractivity contribution in [3.63, 3.8) is 0 Å². The van der Waals surface area contributed by atoms with Gasteiger partial charge in [0.1, 0.15) is 0 Å². The minimum atomic E-state index is -0.181. The molecule has 3 rings (SSSR count). The van der Waals surface area contributed by atoms with Gasteiger partial charge in [0.2, 0.25) is 0 Å². The summed E-state index contributed by atoms with van der Waals surface area (Å²) in [6, 6.07) is 11.3. The summed E-state index contributed by atoms with van der Waals surface area (Å²) < 4.78 is 0. The van der Waals surface area contributed by atoms with Gasteiger partial charge in [0.25, 0.3) is 11.8 Å². The molecule has 0 aliphatic carbocycles. The molecule has 1 heterocycles. The molecule has 0 saturated carbocycles. The number of halogens is 3. The van der Waals surface area contributed by atoms with Crippen molar-refractivity contribution in [1.82, 2.24) is 15.5 Å². The van der Waals surface area contributed by atoms with Crippen LogP contribution in [0.15, 0.2) is 36.4 Å². The first-order chi connectivity index (χ1) is 14.2. The lowest BCUT2D eigenvalue weighted by Crippen LogP contribution is -2.41. The Morgan fingerprint density at radius 1 is 0.688 bits per heavy atom. The first-order valence-corrected chi connectivity index (χ1v) is 10.7. The van der Waals surface area contributed by atoms with Gasteiger partial charge in [-0.2, -0.15) is 0 Å². The molecule has 0 atom stereocenters. The predicted octanol–water partition coefficient (Wildman–Crippen LogP) is 3.79. The summed E-state index contributed by atoms with van der Waals surface area (Å²) >= 11 is 0. The number of nitrogens with one attached hydrogen (secondary N) is 2. The van der Waals surface area contributed by atoms with Crippen LogP contribution >= 0.6 is 37.2 Å². The quantitative estimate of drug-likeness (QED) is 0.285. The first-order valence-electron chi connectivity index (χ1n) is 10.7. The van der Waals surface area contributed by atoms with Crippen molar-refractivity contribution in [3.8, 4) is 0 Å². The number of rotatable bonds is 13. The van der Waals surface area contributed by atoms with Crippen molar-refractivity contribution < 1.29 is 9.59 Å². The third kappa shape index (κ3) is 7.87. The molecule has 0 saturated heterocycles. The lowest BCUT2D eigenvalue weighted by atomic mass is 9.94. The fourth-order valence-electron chi connectivity index (χ4n) is 3.79. The van der Waals surface area contributed by atoms with E-state index in [4.69, 9.17) is 5.73 Å². The lowest BCUT2D eigenvalue weighted by molar-refractivity contribution is 0.0609. The zero-order valence-electron chi connectivity index (χ0n) is 18.3. The number of nitrogens with two attached hydrogens (primary N) is 1. The van der Waals surface area contributed by atoms with Gasteiger partial charge >= 0.3 is 0 Å². The van der Waals surface area contributed by atoms with E-state index in [-0.39, 0.29) is 49.0 Å². The number of unbranched alkanes of at least 4 members (excludes halogenated alkanes) is 2. The smallest absolute Gasteiger partial charge is 0.261 e. The maximum Gasteiger partial charge on any atom is 0.261 e. The maximum atomic E-state index is 12.8. The van der Waals surface area contributed by atoms with Gasteiger partial charge in [-0.25, -0.2) is 0 Å². The highest BCUT2D eigenvalue weighted by molar-refractivity contribution is 6.25. The number of hydrogen-bond donors (Lipinski definition) is 3. The number of imide groups is 1. The van der Waals surface area contributed by atoms with Crippen molar-refractivity contribution in [2.45, 2.75) is 32.1 Å². The summed E-state index contributed by atoms with van der Waals surface area (Å²) in [6.45, 7) is 5.04. The van der Waals surface area contributed by atoms with Crippen LogP contribution in [0.25, 0.3) is 10.8 Å². The molecule has 0 spiro atoms. The molecule has 180 valence electrons. The van der Waals surface area contributed by atoms with Crippen LogP contribution in [0.3, 0.4) is 0 Å². The number of hydrogen-bond acceptors (Lipinski definition) is 5. The molecule has 2 aromatic rings. The SMILES string of the molecule is Cl.Cl.Cl.NCCCCNCCCCNCCCN1C(=O)c2cccc3cccc(c23)C1=O. The lowest BCUT2D eigenvalue weighted by Gasteiger charge is -2.27. The van der Waals surface area contributed by atoms with Crippen LogP contribution in [0.1, 0.15) is 52.8 Å². The second-order valence-electron chi connectivity index (χ2n) is 7.53. The third-order valence-corrected chi connectivity index (χ3v) is 5.36. The second-order valence-corrected chi connectivity index (χ2v) is 7.53. The normalized spacial score (nSPS) is 12.2. The van der Waals surface area contributed by atoms with Crippen LogP contribution in [0.2, 0.25) is 0 Å². The fourth-order valence-corrected chi connectivity index (χ4v) is 3.79. The molecule has 2 aromatic carbocycles. The highest BCUT2D eigenvalue weighted by Crippen LogP contribution is 2.29. The fraction of sp³-hybridized carbons (Fsp3) is 0.478. The Hall–Kier alpha value is -1.41. The second kappa shape index (κ2) is 16.2. The molecule has 1 aliphatic heterocycles. The number of benzene rings is 2. The van der Waals surface area contributed by atoms with Gasteiger partial charge in [-0.3, -0.25) is 14.5 Å². The molecular weight excluding hydrogens is 471 g/mol. The third-order valence-electron chi connectivity index (χ3n) is 5.36. The summed E-state index contributed by atoms with van der Waals surface area (Å²) in [6.07, 6.45) is 5.23. The molecule has 0 fully saturated rings. The van der Waals surface area contributed by atoms with Crippen LogP contribution in [0, 0.1) is 0 Å². The summed E-state index contributed by atoms with van der Waals surface area (Å²) in [5, 5.41) is 8.57. The van der Waals surface area contributed by atoms with Crippen LogP contribution in [0.5, 0.6) is 0 Å². The van der Waals surface area contributed by atoms with Crippen molar-refractivity contribution in [3.05, 3.63) is 47.5 Å². The minimum absolute atomic E-state index is 0. The van der Waals surface area contributed by atoms with E-state index in [0.717, 1.165) is 75.6 Å². The molecule has 6 nitrogen and oxygen atoms in total. The van der Waals surface area contributed by atoms with Gasteiger partial charge in [-0.05, 0) is 82.3 Å². The van der Waals surface area contributed by atoms with Crippen molar-refractivity contribution in [2.24, 2.45) is 5.73 Å².